The summed E-state index contributed by atoms with van der Waals surface area (Å²) in [6, 6.07) is 10.3. The fourth-order valence-electron chi connectivity index (χ4n) is 2.29. The van der Waals surface area contributed by atoms with Gasteiger partial charge in [-0.3, -0.25) is 4.72 Å². The standard InChI is InChI=1S/C17H14F3N3O2S2/c1-23-11-10-21-16(23)26-13-8-6-12(7-9-13)22-27(24,25)15-5-3-2-4-14(15)17(18,19)20/h2-11,22H,1H3. The number of benzene rings is 2. The van der Waals surface area contributed by atoms with E-state index >= 15 is 0 Å². The van der Waals surface area contributed by atoms with E-state index in [1.165, 1.54) is 30.0 Å². The minimum absolute atomic E-state index is 0.163. The molecule has 0 saturated carbocycles. The second-order valence-corrected chi connectivity index (χ2v) is 8.24. The van der Waals surface area contributed by atoms with E-state index in [0.29, 0.717) is 0 Å². The van der Waals surface area contributed by atoms with Gasteiger partial charge in [-0.05, 0) is 36.4 Å². The molecule has 0 atom stereocenters. The van der Waals surface area contributed by atoms with Crippen LogP contribution in [0.3, 0.4) is 0 Å². The molecule has 0 fully saturated rings. The molecule has 3 aromatic rings. The van der Waals surface area contributed by atoms with Crippen LogP contribution in [0.2, 0.25) is 0 Å². The van der Waals surface area contributed by atoms with Crippen LogP contribution in [-0.4, -0.2) is 18.0 Å². The van der Waals surface area contributed by atoms with Crippen LogP contribution in [0.1, 0.15) is 5.56 Å². The van der Waals surface area contributed by atoms with E-state index in [-0.39, 0.29) is 5.69 Å². The van der Waals surface area contributed by atoms with Gasteiger partial charge in [-0.1, -0.05) is 23.9 Å². The first-order valence-electron chi connectivity index (χ1n) is 7.61. The Balaban J connectivity index is 1.82. The molecule has 142 valence electrons. The molecule has 0 aliphatic rings. The molecule has 5 nitrogen and oxygen atoms in total. The molecule has 2 aromatic carbocycles. The molecular weight excluding hydrogens is 399 g/mol. The van der Waals surface area contributed by atoms with Crippen molar-refractivity contribution < 1.29 is 21.6 Å². The Morgan fingerprint density at radius 2 is 1.74 bits per heavy atom. The summed E-state index contributed by atoms with van der Waals surface area (Å²) in [6.07, 6.45) is -1.32. The smallest absolute Gasteiger partial charge is 0.329 e. The lowest BCUT2D eigenvalue weighted by Gasteiger charge is -2.14. The van der Waals surface area contributed by atoms with Crippen molar-refractivity contribution in [2.24, 2.45) is 7.05 Å². The molecule has 0 saturated heterocycles. The second kappa shape index (κ2) is 7.28. The number of hydrogen-bond donors (Lipinski definition) is 1. The third-order valence-corrected chi connectivity index (χ3v) is 6.10. The van der Waals surface area contributed by atoms with Crippen molar-refractivity contribution in [2.45, 2.75) is 21.1 Å². The lowest BCUT2D eigenvalue weighted by molar-refractivity contribution is -0.139. The number of anilines is 1. The molecule has 0 amide bonds. The van der Waals surface area contributed by atoms with Crippen LogP contribution < -0.4 is 4.72 Å². The molecule has 0 spiro atoms. The first-order valence-corrected chi connectivity index (χ1v) is 9.91. The highest BCUT2D eigenvalue weighted by molar-refractivity contribution is 7.99. The molecule has 1 N–H and O–H groups in total. The molecule has 0 bridgehead atoms. The molecule has 1 heterocycles. The van der Waals surface area contributed by atoms with Crippen LogP contribution in [0.15, 0.2) is 75.9 Å². The number of hydrogen-bond acceptors (Lipinski definition) is 4. The topological polar surface area (TPSA) is 64.0 Å². The van der Waals surface area contributed by atoms with Crippen molar-refractivity contribution >= 4 is 27.5 Å². The first kappa shape index (κ1) is 19.3. The summed E-state index contributed by atoms with van der Waals surface area (Å²) in [6.45, 7) is 0. The summed E-state index contributed by atoms with van der Waals surface area (Å²) < 4.78 is 68.1. The minimum Gasteiger partial charge on any atom is -0.329 e. The van der Waals surface area contributed by atoms with Crippen molar-refractivity contribution in [3.05, 3.63) is 66.5 Å². The molecule has 10 heteroatoms. The highest BCUT2D eigenvalue weighted by Gasteiger charge is 2.36. The Bertz CT molecular complexity index is 1050. The van der Waals surface area contributed by atoms with E-state index in [4.69, 9.17) is 0 Å². The lowest BCUT2D eigenvalue weighted by Crippen LogP contribution is -2.18. The summed E-state index contributed by atoms with van der Waals surface area (Å²) in [4.78, 5) is 4.17. The van der Waals surface area contributed by atoms with Gasteiger partial charge < -0.3 is 4.57 Å². The maximum Gasteiger partial charge on any atom is 0.417 e. The highest BCUT2D eigenvalue weighted by atomic mass is 32.2. The summed E-state index contributed by atoms with van der Waals surface area (Å²) in [5.41, 5.74) is -1.05. The van der Waals surface area contributed by atoms with Gasteiger partial charge in [0.2, 0.25) is 0 Å². The van der Waals surface area contributed by atoms with Crippen molar-refractivity contribution in [2.75, 3.05) is 4.72 Å². The predicted molar refractivity (Wildman–Crippen MR) is 96.0 cm³/mol. The summed E-state index contributed by atoms with van der Waals surface area (Å²) in [5.74, 6) is 0. The second-order valence-electron chi connectivity index (χ2n) is 5.55. The summed E-state index contributed by atoms with van der Waals surface area (Å²) in [5, 5.41) is 0.752. The van der Waals surface area contributed by atoms with E-state index in [1.54, 1.807) is 24.5 Å². The Kier molecular flexibility index (Phi) is 5.20. The van der Waals surface area contributed by atoms with E-state index in [1.807, 2.05) is 11.6 Å². The third-order valence-electron chi connectivity index (χ3n) is 3.57. The van der Waals surface area contributed by atoms with Gasteiger partial charge in [-0.2, -0.15) is 13.2 Å². The molecule has 27 heavy (non-hydrogen) atoms. The Labute approximate surface area is 158 Å². The van der Waals surface area contributed by atoms with Gasteiger partial charge in [0.25, 0.3) is 10.0 Å². The van der Waals surface area contributed by atoms with Gasteiger partial charge in [0.15, 0.2) is 5.16 Å². The minimum atomic E-state index is -4.77. The zero-order valence-electron chi connectivity index (χ0n) is 13.9. The molecular formula is C17H14F3N3O2S2. The maximum absolute atomic E-state index is 13.1. The predicted octanol–water partition coefficient (Wildman–Crippen LogP) is 4.39. The van der Waals surface area contributed by atoms with E-state index in [9.17, 15) is 21.6 Å². The zero-order chi connectivity index (χ0) is 19.7. The number of aryl methyl sites for hydroxylation is 1. The third kappa shape index (κ3) is 4.45. The molecule has 0 aliphatic heterocycles. The number of imidazole rings is 1. The van der Waals surface area contributed by atoms with Crippen LogP contribution in [0.4, 0.5) is 18.9 Å². The highest BCUT2D eigenvalue weighted by Crippen LogP contribution is 2.35. The number of rotatable bonds is 5. The van der Waals surface area contributed by atoms with Crippen LogP contribution in [-0.2, 0) is 23.2 Å². The Morgan fingerprint density at radius 1 is 1.07 bits per heavy atom. The zero-order valence-corrected chi connectivity index (χ0v) is 15.6. The van der Waals surface area contributed by atoms with Crippen LogP contribution in [0.5, 0.6) is 0 Å². The SMILES string of the molecule is Cn1ccnc1Sc1ccc(NS(=O)(=O)c2ccccc2C(F)(F)F)cc1. The monoisotopic (exact) mass is 413 g/mol. The van der Waals surface area contributed by atoms with Gasteiger partial charge in [0.1, 0.15) is 0 Å². The van der Waals surface area contributed by atoms with E-state index < -0.39 is 26.7 Å². The van der Waals surface area contributed by atoms with Crippen LogP contribution in [0, 0.1) is 0 Å². The largest absolute Gasteiger partial charge is 0.417 e. The van der Waals surface area contributed by atoms with Crippen molar-refractivity contribution in [1.82, 2.24) is 9.55 Å². The van der Waals surface area contributed by atoms with Gasteiger partial charge in [-0.25, -0.2) is 13.4 Å². The van der Waals surface area contributed by atoms with Gasteiger partial charge in [-0.15, -0.1) is 0 Å². The average Bonchev–Trinajstić information content (AvgIpc) is 3.00. The number of nitrogens with zero attached hydrogens (tertiary/aromatic N) is 2. The fraction of sp³-hybridized carbons (Fsp3) is 0.118. The average molecular weight is 413 g/mol. The molecule has 1 aromatic heterocycles. The molecule has 3 rings (SSSR count). The van der Waals surface area contributed by atoms with E-state index in [2.05, 4.69) is 9.71 Å². The number of alkyl halides is 3. The van der Waals surface area contributed by atoms with Gasteiger partial charge in [0, 0.05) is 30.0 Å². The van der Waals surface area contributed by atoms with Crippen LogP contribution >= 0.6 is 11.8 Å². The number of halogens is 3. The van der Waals surface area contributed by atoms with E-state index in [0.717, 1.165) is 28.3 Å². The maximum atomic E-state index is 13.1. The number of sulfonamides is 1. The van der Waals surface area contributed by atoms with Crippen molar-refractivity contribution in [3.63, 3.8) is 0 Å². The lowest BCUT2D eigenvalue weighted by atomic mass is 10.2. The number of aromatic nitrogens is 2. The van der Waals surface area contributed by atoms with Gasteiger partial charge >= 0.3 is 6.18 Å². The van der Waals surface area contributed by atoms with Crippen molar-refractivity contribution in [3.8, 4) is 0 Å². The van der Waals surface area contributed by atoms with Gasteiger partial charge in [0.05, 0.1) is 10.5 Å². The van der Waals surface area contributed by atoms with Crippen LogP contribution in [0.25, 0.3) is 0 Å². The van der Waals surface area contributed by atoms with Crippen molar-refractivity contribution in [1.29, 1.82) is 0 Å². The molecule has 0 radical (unpaired) electrons. The number of nitrogens with one attached hydrogen (secondary N) is 1. The Hall–Kier alpha value is -2.46. The fourth-order valence-corrected chi connectivity index (χ4v) is 4.38. The Morgan fingerprint density at radius 3 is 2.33 bits per heavy atom. The quantitative estimate of drug-likeness (QED) is 0.674. The summed E-state index contributed by atoms with van der Waals surface area (Å²) >= 11 is 1.38. The molecule has 0 unspecified atom stereocenters. The summed E-state index contributed by atoms with van der Waals surface area (Å²) in [7, 11) is -2.55. The first-order chi connectivity index (χ1) is 12.7. The normalized spacial score (nSPS) is 12.1. The molecule has 0 aliphatic carbocycles.